The number of nitro groups is 1. The molecule has 0 fully saturated rings. The van der Waals surface area contributed by atoms with Gasteiger partial charge in [-0.15, -0.1) is 0 Å². The van der Waals surface area contributed by atoms with Crippen LogP contribution in [0.5, 0.6) is 5.75 Å². The van der Waals surface area contributed by atoms with E-state index in [1.807, 2.05) is 0 Å². The monoisotopic (exact) mass is 235 g/mol. The van der Waals surface area contributed by atoms with Crippen LogP contribution in [0.4, 0.5) is 5.69 Å². The van der Waals surface area contributed by atoms with Crippen molar-refractivity contribution in [3.8, 4) is 17.6 Å². The smallest absolute Gasteiger partial charge is 0.312 e. The van der Waals surface area contributed by atoms with E-state index in [2.05, 4.69) is 11.8 Å². The molecule has 0 heterocycles. The second-order valence-corrected chi connectivity index (χ2v) is 3.08. The Hall–Kier alpha value is -2.39. The first kappa shape index (κ1) is 12.7. The minimum absolute atomic E-state index is 0.117. The fraction of sp³-hybridized carbons (Fsp3) is 0.182. The lowest BCUT2D eigenvalue weighted by Gasteiger charge is -2.00. The minimum Gasteiger partial charge on any atom is -0.502 e. The third-order valence-corrected chi connectivity index (χ3v) is 1.91. The number of carbonyl (C=O) groups is 1. The number of aliphatic hydroxyl groups is 1. The summed E-state index contributed by atoms with van der Waals surface area (Å²) in [6.45, 7) is -0.117. The number of aldehydes is 1. The third-order valence-electron chi connectivity index (χ3n) is 1.91. The molecular weight excluding hydrogens is 226 g/mol. The maximum absolute atomic E-state index is 10.6. The molecule has 0 aliphatic carbocycles. The van der Waals surface area contributed by atoms with E-state index in [1.165, 1.54) is 6.07 Å². The number of aliphatic hydroxyl groups excluding tert-OH is 1. The van der Waals surface area contributed by atoms with Crippen molar-refractivity contribution in [3.63, 3.8) is 0 Å². The molecule has 2 N–H and O–H groups in total. The number of nitro benzene ring substituents is 1. The molecule has 0 radical (unpaired) electrons. The fourth-order valence-electron chi connectivity index (χ4n) is 1.16. The van der Waals surface area contributed by atoms with Crippen molar-refractivity contribution >= 4 is 12.0 Å². The lowest BCUT2D eigenvalue weighted by Crippen LogP contribution is -1.94. The number of nitrogens with zero attached hydrogens (tertiary/aromatic N) is 1. The molecule has 6 nitrogen and oxygen atoms in total. The van der Waals surface area contributed by atoms with Gasteiger partial charge in [0.1, 0.15) is 0 Å². The highest BCUT2D eigenvalue weighted by molar-refractivity contribution is 5.83. The molecule has 0 aliphatic heterocycles. The van der Waals surface area contributed by atoms with Gasteiger partial charge in [0.05, 0.1) is 17.1 Å². The van der Waals surface area contributed by atoms with Crippen LogP contribution in [0.25, 0.3) is 0 Å². The SMILES string of the molecule is O=Cc1cc(C#CCCO)cc([N+](=O)[O-])c1O. The van der Waals surface area contributed by atoms with Gasteiger partial charge in [-0.25, -0.2) is 0 Å². The van der Waals surface area contributed by atoms with Gasteiger partial charge in [-0.2, -0.15) is 0 Å². The highest BCUT2D eigenvalue weighted by Gasteiger charge is 2.18. The number of aromatic hydroxyl groups is 1. The Morgan fingerprint density at radius 1 is 1.47 bits per heavy atom. The average Bonchev–Trinajstić information content (AvgIpc) is 2.30. The lowest BCUT2D eigenvalue weighted by molar-refractivity contribution is -0.385. The van der Waals surface area contributed by atoms with Crippen molar-refractivity contribution in [1.29, 1.82) is 0 Å². The average molecular weight is 235 g/mol. The number of hydrogen-bond acceptors (Lipinski definition) is 5. The third kappa shape index (κ3) is 3.03. The second kappa shape index (κ2) is 5.63. The normalized spacial score (nSPS) is 9.24. The van der Waals surface area contributed by atoms with Crippen LogP contribution in [-0.2, 0) is 0 Å². The van der Waals surface area contributed by atoms with Gasteiger partial charge >= 0.3 is 5.69 Å². The number of benzene rings is 1. The maximum Gasteiger partial charge on any atom is 0.312 e. The highest BCUT2D eigenvalue weighted by Crippen LogP contribution is 2.29. The largest absolute Gasteiger partial charge is 0.502 e. The van der Waals surface area contributed by atoms with Gasteiger partial charge in [-0.1, -0.05) is 11.8 Å². The maximum atomic E-state index is 10.6. The zero-order valence-corrected chi connectivity index (χ0v) is 8.71. The predicted molar refractivity (Wildman–Crippen MR) is 58.7 cm³/mol. The van der Waals surface area contributed by atoms with E-state index >= 15 is 0 Å². The molecule has 0 unspecified atom stereocenters. The number of rotatable bonds is 3. The molecule has 0 atom stereocenters. The van der Waals surface area contributed by atoms with Crippen LogP contribution in [0, 0.1) is 22.0 Å². The van der Waals surface area contributed by atoms with Crippen LogP contribution in [0.15, 0.2) is 12.1 Å². The Bertz CT molecular complexity index is 513. The minimum atomic E-state index is -0.792. The molecule has 1 aromatic carbocycles. The molecule has 0 aliphatic rings. The first-order valence-electron chi connectivity index (χ1n) is 4.66. The van der Waals surface area contributed by atoms with Crippen LogP contribution in [0.2, 0.25) is 0 Å². The van der Waals surface area contributed by atoms with E-state index in [0.717, 1.165) is 6.07 Å². The van der Waals surface area contributed by atoms with E-state index in [0.29, 0.717) is 6.29 Å². The van der Waals surface area contributed by atoms with Crippen molar-refractivity contribution in [2.45, 2.75) is 6.42 Å². The Kier molecular flexibility index (Phi) is 4.20. The molecule has 0 amide bonds. The van der Waals surface area contributed by atoms with E-state index in [-0.39, 0.29) is 24.2 Å². The molecule has 0 saturated carbocycles. The molecule has 0 aromatic heterocycles. The van der Waals surface area contributed by atoms with Crippen LogP contribution >= 0.6 is 0 Å². The Balaban J connectivity index is 3.26. The summed E-state index contributed by atoms with van der Waals surface area (Å²) in [6, 6.07) is 2.33. The standard InChI is InChI=1S/C11H9NO5/c13-4-2-1-3-8-5-9(7-14)11(15)10(6-8)12(16)17/h5-7,13,15H,2,4H2. The van der Waals surface area contributed by atoms with Gasteiger partial charge < -0.3 is 10.2 Å². The highest BCUT2D eigenvalue weighted by atomic mass is 16.6. The fourth-order valence-corrected chi connectivity index (χ4v) is 1.16. The summed E-state index contributed by atoms with van der Waals surface area (Å²) in [5, 5.41) is 28.5. The predicted octanol–water partition coefficient (Wildman–Crippen LogP) is 0.847. The van der Waals surface area contributed by atoms with Crippen molar-refractivity contribution in [2.24, 2.45) is 0 Å². The molecule has 88 valence electrons. The first-order chi connectivity index (χ1) is 8.10. The van der Waals surface area contributed by atoms with Gasteiger partial charge in [0.2, 0.25) is 5.75 Å². The number of phenols is 1. The molecule has 1 rings (SSSR count). The Labute approximate surface area is 96.7 Å². The summed E-state index contributed by atoms with van der Waals surface area (Å²) in [7, 11) is 0. The van der Waals surface area contributed by atoms with Crippen molar-refractivity contribution in [1.82, 2.24) is 0 Å². The van der Waals surface area contributed by atoms with Gasteiger partial charge in [-0.05, 0) is 6.07 Å². The van der Waals surface area contributed by atoms with E-state index in [4.69, 9.17) is 5.11 Å². The summed E-state index contributed by atoms with van der Waals surface area (Å²) in [5.74, 6) is 4.46. The number of hydrogen-bond donors (Lipinski definition) is 2. The zero-order chi connectivity index (χ0) is 12.8. The van der Waals surface area contributed by atoms with E-state index < -0.39 is 16.4 Å². The van der Waals surface area contributed by atoms with Crippen LogP contribution in [-0.4, -0.2) is 28.0 Å². The summed E-state index contributed by atoms with van der Waals surface area (Å²) in [6.07, 6.45) is 0.546. The zero-order valence-electron chi connectivity index (χ0n) is 8.71. The van der Waals surface area contributed by atoms with Crippen LogP contribution in [0.1, 0.15) is 22.3 Å². The molecule has 0 bridgehead atoms. The summed E-state index contributed by atoms with van der Waals surface area (Å²) in [5.41, 5.74) is -0.513. The topological polar surface area (TPSA) is 101 Å². The first-order valence-corrected chi connectivity index (χ1v) is 4.66. The summed E-state index contributed by atoms with van der Waals surface area (Å²) < 4.78 is 0. The van der Waals surface area contributed by atoms with Gasteiger partial charge in [0.25, 0.3) is 0 Å². The Morgan fingerprint density at radius 3 is 2.71 bits per heavy atom. The van der Waals surface area contributed by atoms with E-state index in [9.17, 15) is 20.0 Å². The molecule has 0 spiro atoms. The Morgan fingerprint density at radius 2 is 2.18 bits per heavy atom. The molecule has 6 heteroatoms. The van der Waals surface area contributed by atoms with E-state index in [1.54, 1.807) is 0 Å². The molecule has 0 saturated heterocycles. The van der Waals surface area contributed by atoms with Gasteiger partial charge in [0, 0.05) is 18.1 Å². The second-order valence-electron chi connectivity index (χ2n) is 3.08. The van der Waals surface area contributed by atoms with Crippen molar-refractivity contribution in [3.05, 3.63) is 33.4 Å². The molecule has 1 aromatic rings. The van der Waals surface area contributed by atoms with Gasteiger partial charge in [0.15, 0.2) is 6.29 Å². The summed E-state index contributed by atoms with van der Waals surface area (Å²) in [4.78, 5) is 20.4. The number of carbonyl (C=O) groups excluding carboxylic acids is 1. The molecule has 17 heavy (non-hydrogen) atoms. The number of phenolic OH excluding ortho intramolecular Hbond substituents is 1. The quantitative estimate of drug-likeness (QED) is 0.350. The van der Waals surface area contributed by atoms with Gasteiger partial charge in [-0.3, -0.25) is 14.9 Å². The van der Waals surface area contributed by atoms with Crippen molar-refractivity contribution < 1.29 is 19.9 Å². The lowest BCUT2D eigenvalue weighted by atomic mass is 10.1. The molecular formula is C11H9NO5. The van der Waals surface area contributed by atoms with Crippen LogP contribution < -0.4 is 0 Å². The summed E-state index contributed by atoms with van der Waals surface area (Å²) >= 11 is 0. The van der Waals surface area contributed by atoms with Crippen molar-refractivity contribution in [2.75, 3.05) is 6.61 Å². The van der Waals surface area contributed by atoms with Crippen LogP contribution in [0.3, 0.4) is 0 Å².